The summed E-state index contributed by atoms with van der Waals surface area (Å²) in [5, 5.41) is 3.07. The smallest absolute Gasteiger partial charge is 0.318 e. The lowest BCUT2D eigenvalue weighted by atomic mass is 10.1. The third kappa shape index (κ3) is 3.76. The van der Waals surface area contributed by atoms with Gasteiger partial charge >= 0.3 is 6.03 Å². The molecule has 1 fully saturated rings. The fraction of sp³-hybridized carbons (Fsp3) is 0.444. The maximum atomic E-state index is 12.5. The van der Waals surface area contributed by atoms with E-state index in [2.05, 4.69) is 10.3 Å². The maximum absolute atomic E-state index is 12.5. The number of morpholine rings is 1. The van der Waals surface area contributed by atoms with Crippen molar-refractivity contribution in [3.05, 3.63) is 48.5 Å². The lowest BCUT2D eigenvalue weighted by Gasteiger charge is -2.38. The molecule has 0 radical (unpaired) electrons. The first-order valence-electron chi connectivity index (χ1n) is 8.22. The number of hydrogen-bond donors (Lipinski definition) is 1. The Bertz CT molecular complexity index is 680. The molecule has 1 aliphatic heterocycles. The first kappa shape index (κ1) is 16.5. The fourth-order valence-electron chi connectivity index (χ4n) is 2.90. The van der Waals surface area contributed by atoms with Gasteiger partial charge in [-0.1, -0.05) is 12.1 Å². The molecule has 6 nitrogen and oxygen atoms in total. The van der Waals surface area contributed by atoms with Gasteiger partial charge in [-0.2, -0.15) is 0 Å². The van der Waals surface area contributed by atoms with E-state index in [0.29, 0.717) is 19.7 Å². The Morgan fingerprint density at radius 1 is 1.33 bits per heavy atom. The average molecular weight is 328 g/mol. The minimum absolute atomic E-state index is 0.0439. The monoisotopic (exact) mass is 328 g/mol. The van der Waals surface area contributed by atoms with Gasteiger partial charge in [0, 0.05) is 24.6 Å². The summed E-state index contributed by atoms with van der Waals surface area (Å²) in [6.07, 6.45) is 5.42. The topological polar surface area (TPSA) is 59.4 Å². The molecule has 1 aliphatic rings. The molecule has 1 aromatic carbocycles. The molecule has 2 aromatic rings. The van der Waals surface area contributed by atoms with E-state index in [4.69, 9.17) is 4.74 Å². The molecule has 0 aliphatic carbocycles. The van der Waals surface area contributed by atoms with E-state index < -0.39 is 0 Å². The summed E-state index contributed by atoms with van der Waals surface area (Å²) in [4.78, 5) is 18.3. The number of aromatic nitrogens is 2. The Labute approximate surface area is 142 Å². The van der Waals surface area contributed by atoms with Gasteiger partial charge < -0.3 is 19.5 Å². The zero-order valence-corrected chi connectivity index (χ0v) is 14.4. The largest absolute Gasteiger partial charge is 0.372 e. The Hall–Kier alpha value is -2.34. The number of carbonyl (C=O) groups is 1. The third-order valence-electron chi connectivity index (χ3n) is 4.25. The molecule has 2 heterocycles. The highest BCUT2D eigenvalue weighted by molar-refractivity contribution is 5.75. The second-order valence-corrected chi connectivity index (χ2v) is 6.76. The van der Waals surface area contributed by atoms with Gasteiger partial charge in [0.05, 0.1) is 31.1 Å². The number of hydrogen-bond acceptors (Lipinski definition) is 3. The maximum Gasteiger partial charge on any atom is 0.318 e. The minimum atomic E-state index is -0.286. The number of benzene rings is 1. The standard InChI is InChI=1S/C18H24N4O2/c1-14(20-17(23)21-10-11-24-18(2,3)12-21)15-4-6-16(7-5-15)22-9-8-19-13-22/h4-9,13-14H,10-12H2,1-3H3,(H,20,23). The molecule has 0 saturated carbocycles. The number of rotatable bonds is 3. The van der Waals surface area contributed by atoms with Crippen LogP contribution in [-0.2, 0) is 4.74 Å². The SMILES string of the molecule is CC(NC(=O)N1CCOC(C)(C)C1)c1ccc(-n2ccnc2)cc1. The van der Waals surface area contributed by atoms with Crippen LogP contribution in [0.2, 0.25) is 0 Å². The van der Waals surface area contributed by atoms with Crippen molar-refractivity contribution in [3.63, 3.8) is 0 Å². The van der Waals surface area contributed by atoms with Crippen LogP contribution in [0.15, 0.2) is 43.0 Å². The Morgan fingerprint density at radius 2 is 2.08 bits per heavy atom. The van der Waals surface area contributed by atoms with Crippen molar-refractivity contribution in [2.75, 3.05) is 19.7 Å². The Kier molecular flexibility index (Phi) is 4.57. The van der Waals surface area contributed by atoms with E-state index in [1.165, 1.54) is 0 Å². The molecule has 1 atom stereocenters. The molecule has 1 aromatic heterocycles. The second-order valence-electron chi connectivity index (χ2n) is 6.76. The molecule has 0 spiro atoms. The summed E-state index contributed by atoms with van der Waals surface area (Å²) < 4.78 is 7.60. The zero-order chi connectivity index (χ0) is 17.2. The van der Waals surface area contributed by atoms with Crippen molar-refractivity contribution in [1.29, 1.82) is 0 Å². The molecule has 0 bridgehead atoms. The number of imidazole rings is 1. The van der Waals surface area contributed by atoms with Crippen LogP contribution in [0.3, 0.4) is 0 Å². The quantitative estimate of drug-likeness (QED) is 0.942. The van der Waals surface area contributed by atoms with Gasteiger partial charge in [-0.25, -0.2) is 9.78 Å². The number of amides is 2. The zero-order valence-electron chi connectivity index (χ0n) is 14.4. The Morgan fingerprint density at radius 3 is 2.71 bits per heavy atom. The highest BCUT2D eigenvalue weighted by atomic mass is 16.5. The van der Waals surface area contributed by atoms with Crippen molar-refractivity contribution in [2.24, 2.45) is 0 Å². The molecule has 1 saturated heterocycles. The number of nitrogens with one attached hydrogen (secondary N) is 1. The van der Waals surface area contributed by atoms with E-state index in [0.717, 1.165) is 11.3 Å². The first-order chi connectivity index (χ1) is 11.4. The van der Waals surface area contributed by atoms with E-state index in [1.807, 2.05) is 60.7 Å². The van der Waals surface area contributed by atoms with Crippen molar-refractivity contribution in [3.8, 4) is 5.69 Å². The van der Waals surface area contributed by atoms with E-state index in [9.17, 15) is 4.79 Å². The molecule has 1 N–H and O–H groups in total. The van der Waals surface area contributed by atoms with Gasteiger partial charge in [0.25, 0.3) is 0 Å². The van der Waals surface area contributed by atoms with Crippen LogP contribution in [-0.4, -0.2) is 45.8 Å². The second kappa shape index (κ2) is 6.65. The number of carbonyl (C=O) groups excluding carboxylic acids is 1. The molecule has 128 valence electrons. The molecule has 3 rings (SSSR count). The average Bonchev–Trinajstić information content (AvgIpc) is 3.08. The van der Waals surface area contributed by atoms with Crippen LogP contribution in [0.5, 0.6) is 0 Å². The number of nitrogens with zero attached hydrogens (tertiary/aromatic N) is 3. The van der Waals surface area contributed by atoms with Crippen LogP contribution in [0.25, 0.3) is 5.69 Å². The lowest BCUT2D eigenvalue weighted by Crippen LogP contribution is -2.53. The van der Waals surface area contributed by atoms with Crippen molar-refractivity contribution in [2.45, 2.75) is 32.4 Å². The van der Waals surface area contributed by atoms with Crippen molar-refractivity contribution >= 4 is 6.03 Å². The van der Waals surface area contributed by atoms with Crippen LogP contribution in [0.1, 0.15) is 32.4 Å². The normalized spacial score (nSPS) is 18.2. The predicted molar refractivity (Wildman–Crippen MR) is 92.1 cm³/mol. The first-order valence-corrected chi connectivity index (χ1v) is 8.22. The molecule has 6 heteroatoms. The van der Waals surface area contributed by atoms with Crippen molar-refractivity contribution in [1.82, 2.24) is 19.8 Å². The summed E-state index contributed by atoms with van der Waals surface area (Å²) in [5.41, 5.74) is 1.83. The molecule has 2 amide bonds. The van der Waals surface area contributed by atoms with Gasteiger partial charge in [0.1, 0.15) is 0 Å². The van der Waals surface area contributed by atoms with Gasteiger partial charge in [-0.15, -0.1) is 0 Å². The van der Waals surface area contributed by atoms with Crippen LogP contribution in [0.4, 0.5) is 4.79 Å². The molecular formula is C18H24N4O2. The third-order valence-corrected chi connectivity index (χ3v) is 4.25. The summed E-state index contributed by atoms with van der Waals surface area (Å²) in [5.74, 6) is 0. The van der Waals surface area contributed by atoms with Gasteiger partial charge in [-0.05, 0) is 38.5 Å². The number of urea groups is 1. The van der Waals surface area contributed by atoms with E-state index in [-0.39, 0.29) is 17.7 Å². The number of ether oxygens (including phenoxy) is 1. The summed E-state index contributed by atoms with van der Waals surface area (Å²) in [7, 11) is 0. The van der Waals surface area contributed by atoms with Crippen LogP contribution in [0, 0.1) is 0 Å². The highest BCUT2D eigenvalue weighted by Crippen LogP contribution is 2.19. The summed E-state index contributed by atoms with van der Waals surface area (Å²) in [6, 6.07) is 8.01. The lowest BCUT2D eigenvalue weighted by molar-refractivity contribution is -0.0735. The van der Waals surface area contributed by atoms with Gasteiger partial charge in [0.2, 0.25) is 0 Å². The van der Waals surface area contributed by atoms with Gasteiger partial charge in [0.15, 0.2) is 0 Å². The van der Waals surface area contributed by atoms with Crippen molar-refractivity contribution < 1.29 is 9.53 Å². The van der Waals surface area contributed by atoms with E-state index in [1.54, 1.807) is 12.5 Å². The fourth-order valence-corrected chi connectivity index (χ4v) is 2.90. The predicted octanol–water partition coefficient (Wildman–Crippen LogP) is 2.75. The molecule has 1 unspecified atom stereocenters. The Balaban J connectivity index is 1.62. The summed E-state index contributed by atoms with van der Waals surface area (Å²) in [6.45, 7) is 7.81. The van der Waals surface area contributed by atoms with Gasteiger partial charge in [-0.3, -0.25) is 0 Å². The van der Waals surface area contributed by atoms with Crippen LogP contribution >= 0.6 is 0 Å². The highest BCUT2D eigenvalue weighted by Gasteiger charge is 2.30. The molecule has 24 heavy (non-hydrogen) atoms. The van der Waals surface area contributed by atoms with Crippen LogP contribution < -0.4 is 5.32 Å². The van der Waals surface area contributed by atoms with E-state index >= 15 is 0 Å². The molecular weight excluding hydrogens is 304 g/mol. The minimum Gasteiger partial charge on any atom is -0.372 e. The summed E-state index contributed by atoms with van der Waals surface area (Å²) >= 11 is 0.